The summed E-state index contributed by atoms with van der Waals surface area (Å²) >= 11 is 8.02. The van der Waals surface area contributed by atoms with Gasteiger partial charge in [-0.3, -0.25) is 4.79 Å². The van der Waals surface area contributed by atoms with Crippen LogP contribution in [0.5, 0.6) is 0 Å². The maximum absolute atomic E-state index is 12.3. The molecule has 0 bridgehead atoms. The third-order valence-electron chi connectivity index (χ3n) is 4.47. The molecule has 1 aliphatic carbocycles. The minimum absolute atomic E-state index is 0.00288. The first-order valence-corrected chi connectivity index (χ1v) is 9.31. The molecule has 0 spiro atoms. The Labute approximate surface area is 148 Å². The van der Waals surface area contributed by atoms with Crippen molar-refractivity contribution in [3.05, 3.63) is 60.8 Å². The Morgan fingerprint density at radius 3 is 3.21 bits per heavy atom. The average Bonchev–Trinajstić information content (AvgIpc) is 2.95. The van der Waals surface area contributed by atoms with Gasteiger partial charge in [-0.2, -0.15) is 0 Å². The van der Waals surface area contributed by atoms with Gasteiger partial charge in [-0.15, -0.1) is 11.3 Å². The molecule has 1 aromatic carbocycles. The van der Waals surface area contributed by atoms with Gasteiger partial charge in [0.15, 0.2) is 5.43 Å². The van der Waals surface area contributed by atoms with Crippen LogP contribution in [0.15, 0.2) is 29.1 Å². The number of benzene rings is 1. The number of aromatic nitrogens is 2. The van der Waals surface area contributed by atoms with E-state index in [1.54, 1.807) is 35.6 Å². The van der Waals surface area contributed by atoms with E-state index in [-0.39, 0.29) is 11.5 Å². The van der Waals surface area contributed by atoms with Crippen molar-refractivity contribution in [3.63, 3.8) is 0 Å². The summed E-state index contributed by atoms with van der Waals surface area (Å²) in [6.07, 6.45) is 3.38. The van der Waals surface area contributed by atoms with Crippen molar-refractivity contribution < 1.29 is 0 Å². The maximum atomic E-state index is 12.3. The molecule has 0 aliphatic heterocycles. The molecule has 4 nitrogen and oxygen atoms in total. The van der Waals surface area contributed by atoms with Crippen LogP contribution >= 0.6 is 22.9 Å². The Hall–Kier alpha value is -1.69. The van der Waals surface area contributed by atoms with Gasteiger partial charge in [0.25, 0.3) is 0 Å². The van der Waals surface area contributed by atoms with E-state index in [4.69, 9.17) is 11.6 Å². The average molecular weight is 360 g/mol. The fourth-order valence-corrected chi connectivity index (χ4v) is 4.62. The number of rotatable bonds is 3. The van der Waals surface area contributed by atoms with E-state index in [2.05, 4.69) is 22.2 Å². The number of hydrogen-bond acceptors (Lipinski definition) is 4. The van der Waals surface area contributed by atoms with Crippen molar-refractivity contribution in [2.45, 2.75) is 38.8 Å². The maximum Gasteiger partial charge on any atom is 0.189 e. The van der Waals surface area contributed by atoms with E-state index >= 15 is 0 Å². The predicted octanol–water partition coefficient (Wildman–Crippen LogP) is 4.11. The summed E-state index contributed by atoms with van der Waals surface area (Å²) in [5.74, 6) is 0. The van der Waals surface area contributed by atoms with Gasteiger partial charge in [0.1, 0.15) is 0 Å². The molecule has 2 aromatic heterocycles. The summed E-state index contributed by atoms with van der Waals surface area (Å²) in [7, 11) is 0. The molecule has 0 saturated heterocycles. The molecule has 1 unspecified atom stereocenters. The molecule has 1 atom stereocenters. The third kappa shape index (κ3) is 2.88. The number of pyridine rings is 1. The van der Waals surface area contributed by atoms with E-state index in [1.165, 1.54) is 17.0 Å². The van der Waals surface area contributed by atoms with E-state index < -0.39 is 0 Å². The second-order valence-corrected chi connectivity index (χ2v) is 7.88. The summed E-state index contributed by atoms with van der Waals surface area (Å²) in [4.78, 5) is 21.7. The van der Waals surface area contributed by atoms with Gasteiger partial charge in [0.05, 0.1) is 27.3 Å². The number of nitrogens with one attached hydrogen (secondary N) is 2. The number of fused-ring (bicyclic) bond motifs is 2. The summed E-state index contributed by atoms with van der Waals surface area (Å²) in [6, 6.07) is 7.29. The van der Waals surface area contributed by atoms with Crippen LogP contribution in [0, 0.1) is 6.92 Å². The molecular formula is C18H18ClN3OS. The highest BCUT2D eigenvalue weighted by Gasteiger charge is 2.23. The van der Waals surface area contributed by atoms with E-state index in [1.807, 2.05) is 0 Å². The second kappa shape index (κ2) is 6.31. The zero-order valence-corrected chi connectivity index (χ0v) is 14.9. The molecule has 24 heavy (non-hydrogen) atoms. The summed E-state index contributed by atoms with van der Waals surface area (Å²) in [5, 5.41) is 5.87. The van der Waals surface area contributed by atoms with Crippen LogP contribution in [0.2, 0.25) is 5.02 Å². The number of thiazole rings is 1. The summed E-state index contributed by atoms with van der Waals surface area (Å²) in [5.41, 5.74) is 2.73. The van der Waals surface area contributed by atoms with Gasteiger partial charge in [-0.1, -0.05) is 17.7 Å². The van der Waals surface area contributed by atoms with Gasteiger partial charge in [0.2, 0.25) is 0 Å². The Bertz CT molecular complexity index is 963. The second-order valence-electron chi connectivity index (χ2n) is 6.19. The molecule has 3 aromatic rings. The van der Waals surface area contributed by atoms with Crippen molar-refractivity contribution >= 4 is 33.8 Å². The van der Waals surface area contributed by atoms with E-state index in [0.29, 0.717) is 22.5 Å². The Morgan fingerprint density at radius 2 is 2.33 bits per heavy atom. The van der Waals surface area contributed by atoms with Crippen LogP contribution in [0.3, 0.4) is 0 Å². The van der Waals surface area contributed by atoms with Crippen molar-refractivity contribution in [3.8, 4) is 0 Å². The molecule has 1 aliphatic rings. The quantitative estimate of drug-likeness (QED) is 0.739. The van der Waals surface area contributed by atoms with Crippen LogP contribution in [-0.2, 0) is 13.0 Å². The highest BCUT2D eigenvalue weighted by atomic mass is 35.5. The fraction of sp³-hybridized carbons (Fsp3) is 0.333. The monoisotopic (exact) mass is 359 g/mol. The van der Waals surface area contributed by atoms with E-state index in [0.717, 1.165) is 23.5 Å². The normalized spacial score (nSPS) is 17.2. The molecule has 2 N–H and O–H groups in total. The van der Waals surface area contributed by atoms with Crippen molar-refractivity contribution in [1.29, 1.82) is 0 Å². The van der Waals surface area contributed by atoms with Crippen LogP contribution in [0.1, 0.15) is 40.2 Å². The zero-order chi connectivity index (χ0) is 16.7. The summed E-state index contributed by atoms with van der Waals surface area (Å²) in [6.45, 7) is 2.65. The molecule has 0 fully saturated rings. The highest BCUT2D eigenvalue weighted by Crippen LogP contribution is 2.33. The number of aromatic amines is 1. The Kier molecular flexibility index (Phi) is 4.16. The van der Waals surface area contributed by atoms with Crippen LogP contribution in [-0.4, -0.2) is 9.97 Å². The fourth-order valence-electron chi connectivity index (χ4n) is 3.36. The van der Waals surface area contributed by atoms with Crippen LogP contribution in [0.4, 0.5) is 0 Å². The zero-order valence-electron chi connectivity index (χ0n) is 13.4. The SMILES string of the molecule is Cc1nc2c(s1)CCCC2NCc1cc(=O)c2cccc(Cl)c2[nH]1. The molecule has 4 rings (SSSR count). The molecule has 6 heteroatoms. The van der Waals surface area contributed by atoms with Gasteiger partial charge in [0, 0.05) is 28.6 Å². The van der Waals surface area contributed by atoms with Crippen molar-refractivity contribution in [1.82, 2.24) is 15.3 Å². The molecule has 2 heterocycles. The molecular weight excluding hydrogens is 342 g/mol. The Balaban J connectivity index is 1.60. The highest BCUT2D eigenvalue weighted by molar-refractivity contribution is 7.11. The van der Waals surface area contributed by atoms with Gasteiger partial charge in [-0.25, -0.2) is 4.98 Å². The first-order valence-electron chi connectivity index (χ1n) is 8.12. The number of aryl methyl sites for hydroxylation is 2. The summed E-state index contributed by atoms with van der Waals surface area (Å²) < 4.78 is 0. The molecule has 124 valence electrons. The van der Waals surface area contributed by atoms with Gasteiger partial charge >= 0.3 is 0 Å². The number of halogens is 1. The largest absolute Gasteiger partial charge is 0.356 e. The number of para-hydroxylation sites is 1. The molecule has 0 amide bonds. The first kappa shape index (κ1) is 15.8. The smallest absolute Gasteiger partial charge is 0.189 e. The predicted molar refractivity (Wildman–Crippen MR) is 98.9 cm³/mol. The number of hydrogen-bond donors (Lipinski definition) is 2. The van der Waals surface area contributed by atoms with Crippen molar-refractivity contribution in [2.24, 2.45) is 0 Å². The topological polar surface area (TPSA) is 57.8 Å². The van der Waals surface area contributed by atoms with Gasteiger partial charge in [-0.05, 0) is 38.3 Å². The minimum atomic E-state index is -0.00288. The molecule has 0 radical (unpaired) electrons. The molecule has 0 saturated carbocycles. The van der Waals surface area contributed by atoms with Crippen LogP contribution < -0.4 is 10.7 Å². The minimum Gasteiger partial charge on any atom is -0.356 e. The number of nitrogens with zero attached hydrogens (tertiary/aromatic N) is 1. The number of H-pyrrole nitrogens is 1. The Morgan fingerprint density at radius 1 is 1.46 bits per heavy atom. The first-order chi connectivity index (χ1) is 11.6. The third-order valence-corrected chi connectivity index (χ3v) is 5.83. The lowest BCUT2D eigenvalue weighted by atomic mass is 9.97. The lowest BCUT2D eigenvalue weighted by Crippen LogP contribution is -2.25. The van der Waals surface area contributed by atoms with Crippen molar-refractivity contribution in [2.75, 3.05) is 0 Å². The lowest BCUT2D eigenvalue weighted by Gasteiger charge is -2.22. The van der Waals surface area contributed by atoms with E-state index in [9.17, 15) is 4.79 Å². The van der Waals surface area contributed by atoms with Gasteiger partial charge < -0.3 is 10.3 Å². The lowest BCUT2D eigenvalue weighted by molar-refractivity contribution is 0.450. The standard InChI is InChI=1S/C18H18ClN3OS/c1-10-21-18-14(6-3-7-16(18)24-10)20-9-11-8-15(23)12-4-2-5-13(19)17(12)22-11/h2,4-5,8,14,20H,3,6-7,9H2,1H3,(H,22,23). The van der Waals surface area contributed by atoms with Crippen LogP contribution in [0.25, 0.3) is 10.9 Å².